The Kier molecular flexibility index (Phi) is 10.2. The number of anilines is 1. The number of hydrogen-bond donors (Lipinski definition) is 2. The van der Waals surface area contributed by atoms with Crippen LogP contribution in [0.3, 0.4) is 0 Å². The van der Waals surface area contributed by atoms with Crippen molar-refractivity contribution in [3.63, 3.8) is 0 Å². The molecule has 2 N–H and O–H groups in total. The summed E-state index contributed by atoms with van der Waals surface area (Å²) in [5.41, 5.74) is 1.64. The predicted octanol–water partition coefficient (Wildman–Crippen LogP) is 7.20. The summed E-state index contributed by atoms with van der Waals surface area (Å²) in [7, 11) is -1.68. The van der Waals surface area contributed by atoms with Gasteiger partial charge in [0.25, 0.3) is 11.8 Å². The largest absolute Gasteiger partial charge is 0.465 e. The van der Waals surface area contributed by atoms with Crippen LogP contribution in [0.15, 0.2) is 182 Å². The number of hydrogen-bond acceptors (Lipinski definition) is 4. The topological polar surface area (TPSA) is 84.5 Å². The Morgan fingerprint density at radius 2 is 0.918 bits per heavy atom. The van der Waals surface area contributed by atoms with Gasteiger partial charge in [0, 0.05) is 11.1 Å². The molecule has 0 aliphatic rings. The highest BCUT2D eigenvalue weighted by Crippen LogP contribution is 2.67. The van der Waals surface area contributed by atoms with E-state index >= 15 is 0 Å². The molecule has 2 amide bonds. The number of carbonyl (C=O) groups excluding carboxylic acids is 3. The highest BCUT2D eigenvalue weighted by Gasteiger charge is 2.52. The number of ether oxygens (including phenoxy) is 1. The zero-order chi connectivity index (χ0) is 34.1. The first kappa shape index (κ1) is 32.8. The Morgan fingerprint density at radius 1 is 0.510 bits per heavy atom. The molecule has 0 spiro atoms. The monoisotopic (exact) mass is 661 g/mol. The molecule has 0 aliphatic heterocycles. The molecule has 6 aromatic rings. The van der Waals surface area contributed by atoms with Gasteiger partial charge in [0.05, 0.1) is 18.4 Å². The zero-order valence-corrected chi connectivity index (χ0v) is 27.7. The Balaban J connectivity index is 1.74. The molecular weight excluding hydrogens is 627 g/mol. The molecule has 0 unspecified atom stereocenters. The van der Waals surface area contributed by atoms with Gasteiger partial charge in [-0.1, -0.05) is 115 Å². The van der Waals surface area contributed by atoms with E-state index in [0.29, 0.717) is 10.9 Å². The lowest BCUT2D eigenvalue weighted by Gasteiger charge is -2.31. The maximum absolute atomic E-state index is 15.0. The molecule has 0 bridgehead atoms. The van der Waals surface area contributed by atoms with Crippen molar-refractivity contribution in [3.8, 4) is 0 Å². The van der Waals surface area contributed by atoms with Crippen LogP contribution < -0.4 is 26.5 Å². The SMILES string of the molecule is COC(=O)c1ccccc1NC(=O)/C(NC(=O)c1ccccc1)=C(\c1ccccc1)[P+](c1ccccc1)(c1ccccc1)c1ccccc1. The second kappa shape index (κ2) is 15.2. The third-order valence-corrected chi connectivity index (χ3v) is 12.5. The van der Waals surface area contributed by atoms with Gasteiger partial charge < -0.3 is 15.4 Å². The predicted molar refractivity (Wildman–Crippen MR) is 199 cm³/mol. The second-order valence-electron chi connectivity index (χ2n) is 11.1. The minimum Gasteiger partial charge on any atom is -0.465 e. The molecule has 6 nitrogen and oxygen atoms in total. The number of amides is 2. The summed E-state index contributed by atoms with van der Waals surface area (Å²) in [4.78, 5) is 41.9. The fourth-order valence-corrected chi connectivity index (χ4v) is 10.5. The maximum atomic E-state index is 15.0. The maximum Gasteiger partial charge on any atom is 0.339 e. The molecule has 6 rings (SSSR count). The number of rotatable bonds is 10. The lowest BCUT2D eigenvalue weighted by atomic mass is 10.1. The van der Waals surface area contributed by atoms with Crippen molar-refractivity contribution in [3.05, 3.63) is 198 Å². The van der Waals surface area contributed by atoms with E-state index in [2.05, 4.69) is 47.0 Å². The molecule has 240 valence electrons. The fourth-order valence-electron chi connectivity index (χ4n) is 5.95. The first-order chi connectivity index (χ1) is 24.0. The van der Waals surface area contributed by atoms with E-state index < -0.39 is 25.0 Å². The van der Waals surface area contributed by atoms with Crippen molar-refractivity contribution in [2.45, 2.75) is 0 Å². The molecule has 6 aromatic carbocycles. The van der Waals surface area contributed by atoms with E-state index in [9.17, 15) is 14.4 Å². The van der Waals surface area contributed by atoms with Gasteiger partial charge in [-0.25, -0.2) is 4.79 Å². The quantitative estimate of drug-likeness (QED) is 0.0924. The fraction of sp³-hybridized carbons (Fsp3) is 0.0238. The number of para-hydroxylation sites is 1. The van der Waals surface area contributed by atoms with Crippen molar-refractivity contribution in [1.82, 2.24) is 5.32 Å². The molecule has 0 saturated heterocycles. The summed E-state index contributed by atoms with van der Waals surface area (Å²) in [5, 5.41) is 9.64. The summed E-state index contributed by atoms with van der Waals surface area (Å²) >= 11 is 0. The van der Waals surface area contributed by atoms with E-state index in [1.54, 1.807) is 48.5 Å². The highest BCUT2D eigenvalue weighted by molar-refractivity contribution is 8.03. The van der Waals surface area contributed by atoms with E-state index in [1.807, 2.05) is 91.0 Å². The van der Waals surface area contributed by atoms with Crippen molar-refractivity contribution < 1.29 is 19.1 Å². The van der Waals surface area contributed by atoms with Crippen LogP contribution in [0.5, 0.6) is 0 Å². The lowest BCUT2D eigenvalue weighted by molar-refractivity contribution is -0.113. The number of esters is 1. The van der Waals surface area contributed by atoms with Gasteiger partial charge >= 0.3 is 5.97 Å². The Morgan fingerprint density at radius 3 is 1.39 bits per heavy atom. The summed E-state index contributed by atoms with van der Waals surface area (Å²) in [6.07, 6.45) is 0. The number of methoxy groups -OCH3 is 1. The molecule has 0 aromatic heterocycles. The van der Waals surface area contributed by atoms with Crippen LogP contribution in [-0.4, -0.2) is 24.9 Å². The lowest BCUT2D eigenvalue weighted by Crippen LogP contribution is -2.37. The van der Waals surface area contributed by atoms with Crippen LogP contribution in [-0.2, 0) is 9.53 Å². The molecule has 49 heavy (non-hydrogen) atoms. The normalized spacial score (nSPS) is 11.5. The van der Waals surface area contributed by atoms with Crippen molar-refractivity contribution in [2.75, 3.05) is 12.4 Å². The summed E-state index contributed by atoms with van der Waals surface area (Å²) in [6, 6.07) is 55.5. The third-order valence-electron chi connectivity index (χ3n) is 8.13. The van der Waals surface area contributed by atoms with Crippen molar-refractivity contribution in [1.29, 1.82) is 0 Å². The number of benzene rings is 6. The standard InChI is InChI=1S/C42H33N2O4P/c1-48-42(47)36-29-17-18-30-37(36)43-41(46)38(44-40(45)32-21-9-3-10-22-32)39(31-19-7-2-8-20-31)49(33-23-11-4-12-24-33,34-25-13-5-14-26-34)35-27-15-6-16-28-35/h2-30H,1H3,(H-,43,44,45,46,47)/p+1/b39-38-. The third kappa shape index (κ3) is 6.82. The highest BCUT2D eigenvalue weighted by atomic mass is 31.2. The molecule has 0 heterocycles. The molecular formula is C42H34N2O4P+. The Labute approximate surface area is 286 Å². The molecule has 0 aliphatic carbocycles. The van der Waals surface area contributed by atoms with Gasteiger partial charge in [-0.2, -0.15) is 0 Å². The zero-order valence-electron chi connectivity index (χ0n) is 26.8. The molecule has 0 fully saturated rings. The van der Waals surface area contributed by atoms with Crippen LogP contribution in [0.1, 0.15) is 26.3 Å². The van der Waals surface area contributed by atoms with E-state index in [0.717, 1.165) is 21.5 Å². The van der Waals surface area contributed by atoms with Crippen LogP contribution >= 0.6 is 7.26 Å². The van der Waals surface area contributed by atoms with Crippen LogP contribution in [0.25, 0.3) is 5.31 Å². The minimum atomic E-state index is -2.97. The summed E-state index contributed by atoms with van der Waals surface area (Å²) in [6.45, 7) is 0. The van der Waals surface area contributed by atoms with Gasteiger partial charge in [-0.15, -0.1) is 0 Å². The number of nitrogens with one attached hydrogen (secondary N) is 2. The van der Waals surface area contributed by atoms with Crippen molar-refractivity contribution in [2.24, 2.45) is 0 Å². The number of carbonyl (C=O) groups is 3. The average molecular weight is 662 g/mol. The Hall–Kier alpha value is -6.10. The van der Waals surface area contributed by atoms with Gasteiger partial charge in [0.15, 0.2) is 5.70 Å². The van der Waals surface area contributed by atoms with Gasteiger partial charge in [-0.3, -0.25) is 9.59 Å². The van der Waals surface area contributed by atoms with Gasteiger partial charge in [0.1, 0.15) is 28.5 Å². The smallest absolute Gasteiger partial charge is 0.339 e. The second-order valence-corrected chi connectivity index (χ2v) is 14.4. The molecule has 0 radical (unpaired) electrons. The van der Waals surface area contributed by atoms with Crippen LogP contribution in [0, 0.1) is 0 Å². The Bertz CT molecular complexity index is 1990. The molecule has 7 heteroatoms. The summed E-state index contributed by atoms with van der Waals surface area (Å²) < 4.78 is 5.02. The molecule has 0 atom stereocenters. The summed E-state index contributed by atoms with van der Waals surface area (Å²) in [5.74, 6) is -1.64. The van der Waals surface area contributed by atoms with Crippen LogP contribution in [0.4, 0.5) is 5.69 Å². The van der Waals surface area contributed by atoms with Crippen molar-refractivity contribution >= 4 is 52.0 Å². The van der Waals surface area contributed by atoms with Crippen LogP contribution in [0.2, 0.25) is 0 Å². The molecule has 0 saturated carbocycles. The van der Waals surface area contributed by atoms with E-state index in [1.165, 1.54) is 7.11 Å². The van der Waals surface area contributed by atoms with Gasteiger partial charge in [-0.05, 0) is 60.7 Å². The van der Waals surface area contributed by atoms with E-state index in [-0.39, 0.29) is 16.9 Å². The average Bonchev–Trinajstić information content (AvgIpc) is 3.17. The van der Waals surface area contributed by atoms with E-state index in [4.69, 9.17) is 4.74 Å². The first-order valence-electron chi connectivity index (χ1n) is 15.7. The first-order valence-corrected chi connectivity index (χ1v) is 17.5. The van der Waals surface area contributed by atoms with Gasteiger partial charge in [0.2, 0.25) is 0 Å². The minimum absolute atomic E-state index is 0.0598.